The van der Waals surface area contributed by atoms with Gasteiger partial charge in [-0.1, -0.05) is 30.3 Å². The van der Waals surface area contributed by atoms with Gasteiger partial charge in [0.25, 0.3) is 0 Å². The lowest BCUT2D eigenvalue weighted by Crippen LogP contribution is -2.36. The van der Waals surface area contributed by atoms with E-state index in [4.69, 9.17) is 5.73 Å². The molecular formula is C18H19F2N. The van der Waals surface area contributed by atoms with E-state index in [2.05, 4.69) is 18.2 Å². The third-order valence-electron chi connectivity index (χ3n) is 4.46. The van der Waals surface area contributed by atoms with Gasteiger partial charge < -0.3 is 5.73 Å². The van der Waals surface area contributed by atoms with Gasteiger partial charge in [0.05, 0.1) is 0 Å². The molecule has 0 saturated carbocycles. The smallest absolute Gasteiger partial charge is 0.129 e. The van der Waals surface area contributed by atoms with Crippen molar-refractivity contribution in [2.75, 3.05) is 0 Å². The number of halogens is 2. The van der Waals surface area contributed by atoms with E-state index in [1.807, 2.05) is 6.07 Å². The first-order chi connectivity index (χ1) is 10.1. The molecule has 2 N–H and O–H groups in total. The van der Waals surface area contributed by atoms with Crippen molar-refractivity contribution in [3.8, 4) is 0 Å². The average Bonchev–Trinajstić information content (AvgIpc) is 2.49. The van der Waals surface area contributed by atoms with Crippen molar-refractivity contribution in [3.63, 3.8) is 0 Å². The first kappa shape index (κ1) is 14.2. The van der Waals surface area contributed by atoms with Gasteiger partial charge in [-0.25, -0.2) is 8.78 Å². The van der Waals surface area contributed by atoms with E-state index in [0.29, 0.717) is 17.9 Å². The second-order valence-corrected chi connectivity index (χ2v) is 5.88. The zero-order chi connectivity index (χ0) is 14.8. The van der Waals surface area contributed by atoms with Gasteiger partial charge in [0, 0.05) is 12.1 Å². The number of hydrogen-bond donors (Lipinski definition) is 1. The summed E-state index contributed by atoms with van der Waals surface area (Å²) in [5, 5.41) is 0. The van der Waals surface area contributed by atoms with Crippen LogP contribution in [-0.4, -0.2) is 6.04 Å². The summed E-state index contributed by atoms with van der Waals surface area (Å²) in [6.07, 6.45) is 3.46. The van der Waals surface area contributed by atoms with Gasteiger partial charge in [-0.2, -0.15) is 0 Å². The molecule has 0 aromatic heterocycles. The molecule has 0 saturated heterocycles. The summed E-state index contributed by atoms with van der Waals surface area (Å²) in [5.74, 6) is -0.692. The summed E-state index contributed by atoms with van der Waals surface area (Å²) in [4.78, 5) is 0. The number of benzene rings is 2. The Balaban J connectivity index is 1.70. The first-order valence-corrected chi connectivity index (χ1v) is 7.40. The van der Waals surface area contributed by atoms with E-state index in [0.717, 1.165) is 25.3 Å². The highest BCUT2D eigenvalue weighted by Crippen LogP contribution is 2.28. The van der Waals surface area contributed by atoms with Gasteiger partial charge in [-0.05, 0) is 54.4 Å². The highest BCUT2D eigenvalue weighted by Gasteiger charge is 2.24. The fourth-order valence-electron chi connectivity index (χ4n) is 3.20. The van der Waals surface area contributed by atoms with Crippen LogP contribution in [0, 0.1) is 17.6 Å². The van der Waals surface area contributed by atoms with Crippen LogP contribution in [0.15, 0.2) is 42.5 Å². The lowest BCUT2D eigenvalue weighted by atomic mass is 9.79. The van der Waals surface area contributed by atoms with Crippen LogP contribution in [0.3, 0.4) is 0 Å². The van der Waals surface area contributed by atoms with Crippen LogP contribution in [-0.2, 0) is 19.3 Å². The fraction of sp³-hybridized carbons (Fsp3) is 0.333. The monoisotopic (exact) mass is 287 g/mol. The number of hydrogen-bond acceptors (Lipinski definition) is 1. The lowest BCUT2D eigenvalue weighted by Gasteiger charge is -2.29. The molecule has 0 bridgehead atoms. The topological polar surface area (TPSA) is 26.0 Å². The normalized spacial score (nSPS) is 19.1. The van der Waals surface area contributed by atoms with Gasteiger partial charge in [-0.3, -0.25) is 0 Å². The zero-order valence-electron chi connectivity index (χ0n) is 11.9. The second-order valence-electron chi connectivity index (χ2n) is 5.88. The molecule has 0 radical (unpaired) electrons. The Kier molecular flexibility index (Phi) is 4.02. The molecule has 1 nitrogen and oxygen atoms in total. The maximum Gasteiger partial charge on any atom is 0.129 e. The SMILES string of the molecule is NC(Cc1ccc(F)cc1F)C1CCc2ccccc2C1. The highest BCUT2D eigenvalue weighted by molar-refractivity contribution is 5.30. The molecule has 2 aromatic carbocycles. The van der Waals surface area contributed by atoms with E-state index in [9.17, 15) is 8.78 Å². The third-order valence-corrected chi connectivity index (χ3v) is 4.46. The molecule has 2 unspecified atom stereocenters. The highest BCUT2D eigenvalue weighted by atomic mass is 19.1. The van der Waals surface area contributed by atoms with Crippen molar-refractivity contribution in [2.24, 2.45) is 11.7 Å². The maximum absolute atomic E-state index is 13.7. The van der Waals surface area contributed by atoms with Crippen molar-refractivity contribution >= 4 is 0 Å². The van der Waals surface area contributed by atoms with E-state index in [1.165, 1.54) is 23.3 Å². The van der Waals surface area contributed by atoms with Crippen molar-refractivity contribution in [3.05, 3.63) is 70.8 Å². The van der Waals surface area contributed by atoms with Crippen LogP contribution >= 0.6 is 0 Å². The number of nitrogens with two attached hydrogens (primary N) is 1. The summed E-state index contributed by atoms with van der Waals surface area (Å²) in [5.41, 5.74) is 9.53. The number of fused-ring (bicyclic) bond motifs is 1. The van der Waals surface area contributed by atoms with Crippen LogP contribution in [0.25, 0.3) is 0 Å². The minimum Gasteiger partial charge on any atom is -0.327 e. The molecule has 3 rings (SSSR count). The minimum absolute atomic E-state index is 0.0988. The Bertz CT molecular complexity index is 639. The molecule has 21 heavy (non-hydrogen) atoms. The average molecular weight is 287 g/mol. The summed E-state index contributed by atoms with van der Waals surface area (Å²) in [6, 6.07) is 12.0. The Morgan fingerprint density at radius 3 is 2.62 bits per heavy atom. The van der Waals surface area contributed by atoms with Gasteiger partial charge in [0.15, 0.2) is 0 Å². The quantitative estimate of drug-likeness (QED) is 0.916. The van der Waals surface area contributed by atoms with Crippen molar-refractivity contribution in [1.82, 2.24) is 0 Å². The Morgan fingerprint density at radius 1 is 1.10 bits per heavy atom. The Labute approximate surface area is 123 Å². The molecule has 0 aliphatic heterocycles. The minimum atomic E-state index is -0.545. The van der Waals surface area contributed by atoms with Crippen LogP contribution in [0.1, 0.15) is 23.1 Å². The molecule has 0 fully saturated rings. The molecule has 110 valence electrons. The standard InChI is InChI=1S/C18H19F2N/c19-16-8-7-14(17(20)11-16)10-18(21)15-6-5-12-3-1-2-4-13(12)9-15/h1-4,7-8,11,15,18H,5-6,9-10,21H2. The van der Waals surface area contributed by atoms with E-state index in [-0.39, 0.29) is 6.04 Å². The Hall–Kier alpha value is -1.74. The van der Waals surface area contributed by atoms with Crippen molar-refractivity contribution in [2.45, 2.75) is 31.7 Å². The van der Waals surface area contributed by atoms with Gasteiger partial charge in [-0.15, -0.1) is 0 Å². The summed E-state index contributed by atoms with van der Waals surface area (Å²) in [6.45, 7) is 0. The third kappa shape index (κ3) is 3.13. The molecule has 0 amide bonds. The van der Waals surface area contributed by atoms with Gasteiger partial charge >= 0.3 is 0 Å². The van der Waals surface area contributed by atoms with Crippen LogP contribution in [0.2, 0.25) is 0 Å². The maximum atomic E-state index is 13.7. The molecule has 1 aliphatic carbocycles. The molecule has 1 aliphatic rings. The largest absolute Gasteiger partial charge is 0.327 e. The summed E-state index contributed by atoms with van der Waals surface area (Å²) in [7, 11) is 0. The lowest BCUT2D eigenvalue weighted by molar-refractivity contribution is 0.369. The van der Waals surface area contributed by atoms with E-state index < -0.39 is 11.6 Å². The molecule has 0 heterocycles. The summed E-state index contributed by atoms with van der Waals surface area (Å²) >= 11 is 0. The predicted octanol–water partition coefficient (Wildman–Crippen LogP) is 3.64. The fourth-order valence-corrected chi connectivity index (χ4v) is 3.20. The summed E-state index contributed by atoms with van der Waals surface area (Å²) < 4.78 is 26.7. The van der Waals surface area contributed by atoms with Crippen molar-refractivity contribution < 1.29 is 8.78 Å². The van der Waals surface area contributed by atoms with E-state index in [1.54, 1.807) is 0 Å². The number of aryl methyl sites for hydroxylation is 1. The molecular weight excluding hydrogens is 268 g/mol. The predicted molar refractivity (Wildman–Crippen MR) is 80.0 cm³/mol. The first-order valence-electron chi connectivity index (χ1n) is 7.40. The molecule has 0 spiro atoms. The molecule has 2 aromatic rings. The Morgan fingerprint density at radius 2 is 1.86 bits per heavy atom. The number of rotatable bonds is 3. The van der Waals surface area contributed by atoms with Crippen LogP contribution < -0.4 is 5.73 Å². The van der Waals surface area contributed by atoms with Crippen molar-refractivity contribution in [1.29, 1.82) is 0 Å². The molecule has 3 heteroatoms. The van der Waals surface area contributed by atoms with Gasteiger partial charge in [0.2, 0.25) is 0 Å². The van der Waals surface area contributed by atoms with Crippen LogP contribution in [0.4, 0.5) is 8.78 Å². The van der Waals surface area contributed by atoms with Gasteiger partial charge in [0.1, 0.15) is 11.6 Å². The second kappa shape index (κ2) is 5.94. The van der Waals surface area contributed by atoms with E-state index >= 15 is 0 Å². The van der Waals surface area contributed by atoms with Crippen LogP contribution in [0.5, 0.6) is 0 Å². The molecule has 2 atom stereocenters. The zero-order valence-corrected chi connectivity index (χ0v) is 11.9.